The highest BCUT2D eigenvalue weighted by molar-refractivity contribution is 9.10. The van der Waals surface area contributed by atoms with Gasteiger partial charge >= 0.3 is 5.97 Å². The number of H-pyrrole nitrogens is 1. The number of hydrogen-bond acceptors (Lipinski definition) is 4. The molecule has 0 spiro atoms. The van der Waals surface area contributed by atoms with Crippen molar-refractivity contribution in [1.29, 1.82) is 0 Å². The minimum Gasteiger partial charge on any atom is -0.465 e. The van der Waals surface area contributed by atoms with Crippen LogP contribution < -0.4 is 0 Å². The zero-order chi connectivity index (χ0) is 14.9. The van der Waals surface area contributed by atoms with Gasteiger partial charge in [0, 0.05) is 15.7 Å². The Bertz CT molecular complexity index is 746. The van der Waals surface area contributed by atoms with Crippen LogP contribution in [0.25, 0.3) is 11.4 Å². The highest BCUT2D eigenvalue weighted by Gasteiger charge is 2.15. The first-order valence-electron chi connectivity index (χ1n) is 5.58. The SMILES string of the molecule is COC(=O)c1c(C)[nH]c(-c2ccc(Br)c(Cl)c2)nc1=S. The predicted molar refractivity (Wildman–Crippen MR) is 83.6 cm³/mol. The third-order valence-electron chi connectivity index (χ3n) is 2.69. The molecule has 0 aliphatic rings. The molecular weight excluding hydrogens is 364 g/mol. The first-order chi connectivity index (χ1) is 9.43. The number of carbonyl (C=O) groups is 1. The maximum Gasteiger partial charge on any atom is 0.342 e. The highest BCUT2D eigenvalue weighted by Crippen LogP contribution is 2.27. The normalized spacial score (nSPS) is 10.4. The van der Waals surface area contributed by atoms with Gasteiger partial charge < -0.3 is 9.72 Å². The summed E-state index contributed by atoms with van der Waals surface area (Å²) in [4.78, 5) is 18.9. The second-order valence-electron chi connectivity index (χ2n) is 4.01. The number of aromatic amines is 1. The van der Waals surface area contributed by atoms with E-state index in [0.717, 1.165) is 10.0 Å². The third-order valence-corrected chi connectivity index (χ3v) is 4.22. The first-order valence-corrected chi connectivity index (χ1v) is 7.16. The van der Waals surface area contributed by atoms with Crippen LogP contribution in [-0.4, -0.2) is 23.0 Å². The number of esters is 1. The van der Waals surface area contributed by atoms with Crippen molar-refractivity contribution < 1.29 is 9.53 Å². The zero-order valence-electron chi connectivity index (χ0n) is 10.7. The fourth-order valence-electron chi connectivity index (χ4n) is 1.71. The smallest absolute Gasteiger partial charge is 0.342 e. The molecule has 0 saturated heterocycles. The van der Waals surface area contributed by atoms with E-state index < -0.39 is 5.97 Å². The Morgan fingerprint density at radius 2 is 2.20 bits per heavy atom. The second kappa shape index (κ2) is 6.03. The standard InChI is InChI=1S/C13H10BrClN2O2S/c1-6-10(13(18)19-2)12(20)17-11(16-6)7-3-4-8(14)9(15)5-7/h3-5H,1-2H3,(H,16,17,20). The number of aromatic nitrogens is 2. The molecule has 1 aromatic carbocycles. The van der Waals surface area contributed by atoms with Crippen molar-refractivity contribution in [2.75, 3.05) is 7.11 Å². The summed E-state index contributed by atoms with van der Waals surface area (Å²) < 4.78 is 5.68. The molecule has 1 aromatic heterocycles. The molecule has 0 aliphatic heterocycles. The van der Waals surface area contributed by atoms with Gasteiger partial charge in [-0.1, -0.05) is 29.9 Å². The molecule has 0 amide bonds. The van der Waals surface area contributed by atoms with Crippen molar-refractivity contribution in [1.82, 2.24) is 9.97 Å². The Morgan fingerprint density at radius 3 is 2.75 bits per heavy atom. The van der Waals surface area contributed by atoms with E-state index in [4.69, 9.17) is 23.8 Å². The van der Waals surface area contributed by atoms with E-state index in [1.54, 1.807) is 13.0 Å². The van der Waals surface area contributed by atoms with Crippen LogP contribution in [0.2, 0.25) is 5.02 Å². The molecule has 0 fully saturated rings. The van der Waals surface area contributed by atoms with Gasteiger partial charge in [0.05, 0.1) is 12.1 Å². The van der Waals surface area contributed by atoms with Crippen LogP contribution >= 0.6 is 39.7 Å². The molecule has 0 bridgehead atoms. The van der Waals surface area contributed by atoms with Crippen molar-refractivity contribution >= 4 is 45.7 Å². The molecule has 2 aromatic rings. The molecule has 0 radical (unpaired) electrons. The number of methoxy groups -OCH3 is 1. The highest BCUT2D eigenvalue weighted by atomic mass is 79.9. The molecule has 0 unspecified atom stereocenters. The molecule has 7 heteroatoms. The van der Waals surface area contributed by atoms with Gasteiger partial charge in [0.15, 0.2) is 0 Å². The van der Waals surface area contributed by atoms with Crippen molar-refractivity contribution in [2.24, 2.45) is 0 Å². The largest absolute Gasteiger partial charge is 0.465 e. The van der Waals surface area contributed by atoms with Gasteiger partial charge in [-0.25, -0.2) is 9.78 Å². The van der Waals surface area contributed by atoms with Crippen LogP contribution in [0.4, 0.5) is 0 Å². The summed E-state index contributed by atoms with van der Waals surface area (Å²) in [7, 11) is 1.30. The van der Waals surface area contributed by atoms with Crippen LogP contribution in [0.5, 0.6) is 0 Å². The maximum absolute atomic E-state index is 11.6. The van der Waals surface area contributed by atoms with E-state index in [-0.39, 0.29) is 10.2 Å². The van der Waals surface area contributed by atoms with Crippen LogP contribution in [0, 0.1) is 11.6 Å². The Hall–Kier alpha value is -1.24. The van der Waals surface area contributed by atoms with Crippen LogP contribution in [-0.2, 0) is 4.74 Å². The average molecular weight is 374 g/mol. The van der Waals surface area contributed by atoms with E-state index in [2.05, 4.69) is 30.6 Å². The monoisotopic (exact) mass is 372 g/mol. The lowest BCUT2D eigenvalue weighted by Crippen LogP contribution is -2.08. The summed E-state index contributed by atoms with van der Waals surface area (Å²) in [6, 6.07) is 5.43. The van der Waals surface area contributed by atoms with E-state index in [1.807, 2.05) is 12.1 Å². The number of halogens is 2. The lowest BCUT2D eigenvalue weighted by Gasteiger charge is -2.08. The molecule has 104 valence electrons. The minimum atomic E-state index is -0.503. The van der Waals surface area contributed by atoms with Crippen molar-refractivity contribution in [3.05, 3.63) is 43.6 Å². The quantitative estimate of drug-likeness (QED) is 0.629. The molecule has 1 heterocycles. The van der Waals surface area contributed by atoms with Crippen molar-refractivity contribution in [3.63, 3.8) is 0 Å². The van der Waals surface area contributed by atoms with Gasteiger partial charge in [-0.2, -0.15) is 0 Å². The molecule has 1 N–H and O–H groups in total. The molecule has 0 aliphatic carbocycles. The van der Waals surface area contributed by atoms with Crippen molar-refractivity contribution in [2.45, 2.75) is 6.92 Å². The van der Waals surface area contributed by atoms with E-state index in [0.29, 0.717) is 16.5 Å². The number of carbonyl (C=O) groups excluding carboxylic acids is 1. The number of nitrogens with zero attached hydrogens (tertiary/aromatic N) is 1. The maximum atomic E-state index is 11.6. The molecule has 0 atom stereocenters. The second-order valence-corrected chi connectivity index (χ2v) is 5.66. The fourth-order valence-corrected chi connectivity index (χ4v) is 2.46. The number of aryl methyl sites for hydroxylation is 1. The fraction of sp³-hybridized carbons (Fsp3) is 0.154. The van der Waals surface area contributed by atoms with Gasteiger partial charge in [0.25, 0.3) is 0 Å². The summed E-state index contributed by atoms with van der Waals surface area (Å²) in [5, 5.41) is 0.568. The lowest BCUT2D eigenvalue weighted by molar-refractivity contribution is 0.0598. The van der Waals surface area contributed by atoms with Crippen LogP contribution in [0.3, 0.4) is 0 Å². The Labute approximate surface area is 134 Å². The lowest BCUT2D eigenvalue weighted by atomic mass is 10.2. The Morgan fingerprint density at radius 1 is 1.50 bits per heavy atom. The van der Waals surface area contributed by atoms with Gasteiger partial charge in [-0.15, -0.1) is 0 Å². The molecule has 2 rings (SSSR count). The van der Waals surface area contributed by atoms with Gasteiger partial charge in [-0.3, -0.25) is 0 Å². The van der Waals surface area contributed by atoms with Gasteiger partial charge in [0.2, 0.25) is 0 Å². The Kier molecular flexibility index (Phi) is 4.57. The van der Waals surface area contributed by atoms with Crippen LogP contribution in [0.15, 0.2) is 22.7 Å². The minimum absolute atomic E-state index is 0.196. The van der Waals surface area contributed by atoms with Gasteiger partial charge in [0.1, 0.15) is 16.0 Å². The number of benzene rings is 1. The number of nitrogens with one attached hydrogen (secondary N) is 1. The Balaban J connectivity index is 2.57. The summed E-state index contributed by atoms with van der Waals surface area (Å²) in [5.74, 6) is 0.0474. The summed E-state index contributed by atoms with van der Waals surface area (Å²) in [6.07, 6.45) is 0. The van der Waals surface area contributed by atoms with E-state index >= 15 is 0 Å². The van der Waals surface area contributed by atoms with Gasteiger partial charge in [-0.05, 0) is 35.0 Å². The van der Waals surface area contributed by atoms with E-state index in [9.17, 15) is 4.79 Å². The summed E-state index contributed by atoms with van der Waals surface area (Å²) in [6.45, 7) is 1.74. The zero-order valence-corrected chi connectivity index (χ0v) is 13.8. The summed E-state index contributed by atoms with van der Waals surface area (Å²) in [5.41, 5.74) is 1.66. The van der Waals surface area contributed by atoms with Crippen molar-refractivity contribution in [3.8, 4) is 11.4 Å². The third kappa shape index (κ3) is 2.92. The predicted octanol–water partition coefficient (Wildman–Crippen LogP) is 4.32. The summed E-state index contributed by atoms with van der Waals surface area (Å²) >= 11 is 14.5. The topological polar surface area (TPSA) is 55.0 Å². The average Bonchev–Trinajstić information content (AvgIpc) is 2.40. The first kappa shape index (κ1) is 15.2. The molecule has 0 saturated carbocycles. The number of rotatable bonds is 2. The number of hydrogen-bond donors (Lipinski definition) is 1. The van der Waals surface area contributed by atoms with Crippen LogP contribution in [0.1, 0.15) is 16.1 Å². The number of ether oxygens (including phenoxy) is 1. The molecule has 20 heavy (non-hydrogen) atoms. The molecule has 4 nitrogen and oxygen atoms in total. The van der Waals surface area contributed by atoms with E-state index in [1.165, 1.54) is 7.11 Å². The molecular formula is C13H10BrClN2O2S.